The highest BCUT2D eigenvalue weighted by Crippen LogP contribution is 2.22. The quantitative estimate of drug-likeness (QED) is 0.224. The summed E-state index contributed by atoms with van der Waals surface area (Å²) in [5.74, 6) is 1.05. The number of hydrogen-bond donors (Lipinski definition) is 1. The number of pyridine rings is 2. The fraction of sp³-hybridized carbons (Fsp3) is 0.108. The Balaban J connectivity index is 0.000000138. The Kier molecular flexibility index (Phi) is 11.4. The Hall–Kier alpha value is -5.09. The minimum absolute atomic E-state index is 1.01. The van der Waals surface area contributed by atoms with Gasteiger partial charge in [-0.3, -0.25) is 9.97 Å². The van der Waals surface area contributed by atoms with Crippen molar-refractivity contribution >= 4 is 33.2 Å². The summed E-state index contributed by atoms with van der Waals surface area (Å²) < 4.78 is 0. The average molecular weight is 537 g/mol. The van der Waals surface area contributed by atoms with Gasteiger partial charge < -0.3 is 5.32 Å². The topological polar surface area (TPSA) is 50.2 Å². The van der Waals surface area contributed by atoms with Crippen LogP contribution in [-0.2, 0) is 0 Å². The van der Waals surface area contributed by atoms with Crippen molar-refractivity contribution < 1.29 is 0 Å². The van der Waals surface area contributed by atoms with Gasteiger partial charge in [-0.05, 0) is 42.1 Å². The number of fused-ring (bicyclic) bond motifs is 3. The molecule has 0 unspecified atom stereocenters. The molecule has 0 saturated heterocycles. The third-order valence-corrected chi connectivity index (χ3v) is 6.18. The van der Waals surface area contributed by atoms with Crippen LogP contribution in [0.25, 0.3) is 32.9 Å². The minimum atomic E-state index is 1.01. The Morgan fingerprint density at radius 3 is 1.98 bits per heavy atom. The van der Waals surface area contributed by atoms with Crippen LogP contribution in [0.5, 0.6) is 0 Å². The summed E-state index contributed by atoms with van der Waals surface area (Å²) in [4.78, 5) is 12.9. The first-order valence-electron chi connectivity index (χ1n) is 14.1. The molecule has 0 aliphatic carbocycles. The monoisotopic (exact) mass is 536 g/mol. The van der Waals surface area contributed by atoms with E-state index < -0.39 is 0 Å². The Morgan fingerprint density at radius 2 is 1.24 bits per heavy atom. The molecule has 0 amide bonds. The number of amidine groups is 1. The maximum Gasteiger partial charge on any atom is 0.106 e. The number of benzene rings is 4. The second-order valence-electron chi connectivity index (χ2n) is 8.93. The molecular weight excluding hydrogens is 500 g/mol. The summed E-state index contributed by atoms with van der Waals surface area (Å²) in [6, 6.07) is 42.9. The second-order valence-corrected chi connectivity index (χ2v) is 8.93. The fourth-order valence-electron chi connectivity index (χ4n) is 4.24. The lowest BCUT2D eigenvalue weighted by molar-refractivity contribution is 1.05. The third-order valence-electron chi connectivity index (χ3n) is 6.18. The van der Waals surface area contributed by atoms with Gasteiger partial charge in [-0.2, -0.15) is 0 Å². The average Bonchev–Trinajstić information content (AvgIpc) is 3.08. The lowest BCUT2D eigenvalue weighted by Crippen LogP contribution is -2.12. The first-order chi connectivity index (χ1) is 20.4. The maximum atomic E-state index is 4.41. The van der Waals surface area contributed by atoms with Crippen molar-refractivity contribution in [2.45, 2.75) is 26.7 Å². The molecule has 0 fully saturated rings. The summed E-state index contributed by atoms with van der Waals surface area (Å²) in [6.07, 6.45) is 9.67. The predicted octanol–water partition coefficient (Wildman–Crippen LogP) is 9.97. The number of rotatable bonds is 2. The number of para-hydroxylation sites is 1. The molecular formula is C37H36N4. The molecule has 0 radical (unpaired) electrons. The van der Waals surface area contributed by atoms with Gasteiger partial charge in [-0.15, -0.1) is 0 Å². The zero-order chi connectivity index (χ0) is 28.5. The molecule has 0 bridgehead atoms. The van der Waals surface area contributed by atoms with Crippen LogP contribution in [0.2, 0.25) is 0 Å². The molecule has 7 rings (SSSR count). The molecule has 6 aromatic rings. The summed E-state index contributed by atoms with van der Waals surface area (Å²) in [5.41, 5.74) is 4.39. The summed E-state index contributed by atoms with van der Waals surface area (Å²) in [5, 5.41) is 6.96. The van der Waals surface area contributed by atoms with Gasteiger partial charge in [0.2, 0.25) is 0 Å². The SMILES string of the molecule is C1=CN=C(Nc2ccccc2)CC1.CC.c1ccc(-c2ccccn2)cc1.c1ccc2c(c1)ccc1cccnc12. The van der Waals surface area contributed by atoms with Gasteiger partial charge in [-0.1, -0.05) is 117 Å². The normalized spacial score (nSPS) is 11.5. The van der Waals surface area contributed by atoms with Crippen molar-refractivity contribution in [2.24, 2.45) is 4.99 Å². The number of anilines is 1. The number of hydrogen-bond acceptors (Lipinski definition) is 4. The molecule has 0 atom stereocenters. The van der Waals surface area contributed by atoms with E-state index in [9.17, 15) is 0 Å². The summed E-state index contributed by atoms with van der Waals surface area (Å²) >= 11 is 0. The standard InChI is InChI=1S/C13H9N.C11H12N2.C11H9N.C2H6/c1-2-6-12-10(4-1)7-8-11-5-3-9-14-13(11)12;1-2-6-10(7-3-1)13-11-8-4-5-9-12-11;1-2-6-10(7-3-1)11-8-4-5-9-12-11;1-2/h1-9H;1-3,5-7,9H,4,8H2,(H,12,13);1-9H;1-2H3. The van der Waals surface area contributed by atoms with Gasteiger partial charge in [0.05, 0.1) is 11.2 Å². The van der Waals surface area contributed by atoms with E-state index in [1.165, 1.54) is 16.2 Å². The van der Waals surface area contributed by atoms with Crippen LogP contribution in [0.15, 0.2) is 157 Å². The van der Waals surface area contributed by atoms with Gasteiger partial charge >= 0.3 is 0 Å². The van der Waals surface area contributed by atoms with E-state index in [4.69, 9.17) is 0 Å². The largest absolute Gasteiger partial charge is 0.344 e. The predicted molar refractivity (Wildman–Crippen MR) is 176 cm³/mol. The summed E-state index contributed by atoms with van der Waals surface area (Å²) in [7, 11) is 0. The fourth-order valence-corrected chi connectivity index (χ4v) is 4.24. The molecule has 4 heteroatoms. The molecule has 0 saturated carbocycles. The van der Waals surface area contributed by atoms with Crippen molar-refractivity contribution in [2.75, 3.05) is 5.32 Å². The molecule has 4 nitrogen and oxygen atoms in total. The number of allylic oxidation sites excluding steroid dienone is 1. The smallest absolute Gasteiger partial charge is 0.106 e. The van der Waals surface area contributed by atoms with Crippen molar-refractivity contribution in [1.29, 1.82) is 0 Å². The molecule has 1 N–H and O–H groups in total. The van der Waals surface area contributed by atoms with Gasteiger partial charge in [0.15, 0.2) is 0 Å². The van der Waals surface area contributed by atoms with Crippen LogP contribution in [0.4, 0.5) is 5.69 Å². The molecule has 0 spiro atoms. The van der Waals surface area contributed by atoms with Gasteiger partial charge in [0.25, 0.3) is 0 Å². The van der Waals surface area contributed by atoms with Gasteiger partial charge in [-0.25, -0.2) is 4.99 Å². The highest BCUT2D eigenvalue weighted by molar-refractivity contribution is 6.04. The van der Waals surface area contributed by atoms with Crippen LogP contribution in [0.3, 0.4) is 0 Å². The molecule has 3 heterocycles. The second kappa shape index (κ2) is 16.1. The van der Waals surface area contributed by atoms with E-state index in [0.717, 1.165) is 41.1 Å². The number of nitrogens with zero attached hydrogens (tertiary/aromatic N) is 3. The van der Waals surface area contributed by atoms with Crippen molar-refractivity contribution in [1.82, 2.24) is 9.97 Å². The van der Waals surface area contributed by atoms with Gasteiger partial charge in [0, 0.05) is 47.0 Å². The van der Waals surface area contributed by atoms with E-state index in [2.05, 4.69) is 81.0 Å². The van der Waals surface area contributed by atoms with Crippen LogP contribution in [0.1, 0.15) is 26.7 Å². The third kappa shape index (κ3) is 8.70. The Bertz CT molecular complexity index is 1570. The zero-order valence-corrected chi connectivity index (χ0v) is 23.7. The van der Waals surface area contributed by atoms with Crippen LogP contribution in [-0.4, -0.2) is 15.8 Å². The molecule has 1 aliphatic rings. The van der Waals surface area contributed by atoms with E-state index in [1.54, 1.807) is 0 Å². The molecule has 2 aromatic heterocycles. The molecule has 1 aliphatic heterocycles. The lowest BCUT2D eigenvalue weighted by Gasteiger charge is -2.10. The van der Waals surface area contributed by atoms with Gasteiger partial charge in [0.1, 0.15) is 5.84 Å². The van der Waals surface area contributed by atoms with Crippen LogP contribution in [0, 0.1) is 0 Å². The number of aliphatic imine (C=N–C) groups is 1. The van der Waals surface area contributed by atoms with Crippen molar-refractivity contribution in [3.8, 4) is 11.3 Å². The van der Waals surface area contributed by atoms with Crippen molar-refractivity contribution in [3.05, 3.63) is 152 Å². The molecule has 41 heavy (non-hydrogen) atoms. The Morgan fingerprint density at radius 1 is 0.585 bits per heavy atom. The Labute approximate surface area is 243 Å². The highest BCUT2D eigenvalue weighted by atomic mass is 15.0. The molecule has 4 aromatic carbocycles. The maximum absolute atomic E-state index is 4.41. The van der Waals surface area contributed by atoms with E-state index in [1.807, 2.05) is 105 Å². The summed E-state index contributed by atoms with van der Waals surface area (Å²) in [6.45, 7) is 4.00. The molecule has 204 valence electrons. The first kappa shape index (κ1) is 28.9. The van der Waals surface area contributed by atoms with Crippen LogP contribution < -0.4 is 5.32 Å². The minimum Gasteiger partial charge on any atom is -0.344 e. The van der Waals surface area contributed by atoms with Crippen molar-refractivity contribution in [3.63, 3.8) is 0 Å². The highest BCUT2D eigenvalue weighted by Gasteiger charge is 2.01. The number of aromatic nitrogens is 2. The van der Waals surface area contributed by atoms with E-state index in [-0.39, 0.29) is 0 Å². The van der Waals surface area contributed by atoms with Crippen LogP contribution >= 0.6 is 0 Å². The van der Waals surface area contributed by atoms with E-state index >= 15 is 0 Å². The first-order valence-corrected chi connectivity index (χ1v) is 14.1. The zero-order valence-electron chi connectivity index (χ0n) is 23.7. The van der Waals surface area contributed by atoms with E-state index in [0.29, 0.717) is 0 Å². The lowest BCUT2D eigenvalue weighted by atomic mass is 10.1. The number of nitrogens with one attached hydrogen (secondary N) is 1.